The molecular weight excluding hydrogens is 212 g/mol. The molecule has 15 heavy (non-hydrogen) atoms. The lowest BCUT2D eigenvalue weighted by molar-refractivity contribution is 0.0158. The highest BCUT2D eigenvalue weighted by Crippen LogP contribution is 2.29. The number of hydrogen-bond acceptors (Lipinski definition) is 4. The molecule has 0 atom stereocenters. The molecule has 4 nitrogen and oxygen atoms in total. The van der Waals surface area contributed by atoms with Crippen molar-refractivity contribution >= 4 is 9.05 Å². The van der Waals surface area contributed by atoms with Gasteiger partial charge in [0.25, 0.3) is 0 Å². The molecule has 0 saturated heterocycles. The average molecular weight is 234 g/mol. The average Bonchev–Trinajstić information content (AvgIpc) is 2.19. The van der Waals surface area contributed by atoms with Crippen molar-refractivity contribution in [2.75, 3.05) is 21.3 Å². The molecule has 0 aromatic rings. The minimum atomic E-state index is -2.98. The molecule has 0 amide bonds. The fraction of sp³-hybridized carbons (Fsp3) is 0.800. The van der Waals surface area contributed by atoms with Gasteiger partial charge >= 0.3 is 9.05 Å². The Morgan fingerprint density at radius 1 is 1.00 bits per heavy atom. The largest absolute Gasteiger partial charge is 0.748 e. The third kappa shape index (κ3) is 3.94. The van der Waals surface area contributed by atoms with Gasteiger partial charge in [-0.1, -0.05) is 26.8 Å². The summed E-state index contributed by atoms with van der Waals surface area (Å²) in [6.07, 6.45) is 1.90. The van der Waals surface area contributed by atoms with Crippen LogP contribution in [0.15, 0.2) is 11.8 Å². The van der Waals surface area contributed by atoms with E-state index in [2.05, 4.69) is 20.8 Å². The zero-order valence-electron chi connectivity index (χ0n) is 10.7. The highest BCUT2D eigenvalue weighted by Gasteiger charge is 2.46. The molecule has 0 aliphatic heterocycles. The van der Waals surface area contributed by atoms with Crippen molar-refractivity contribution in [1.29, 1.82) is 0 Å². The Morgan fingerprint density at radius 3 is 1.60 bits per heavy atom. The fourth-order valence-corrected chi connectivity index (χ4v) is 2.60. The zero-order valence-corrected chi connectivity index (χ0v) is 11.7. The van der Waals surface area contributed by atoms with E-state index in [1.165, 1.54) is 21.3 Å². The maximum Gasteiger partial charge on any atom is 0.748 e. The highest BCUT2D eigenvalue weighted by atomic mass is 28.4. The molecule has 0 fully saturated rings. The summed E-state index contributed by atoms with van der Waals surface area (Å²) in [6.45, 7) is 8.09. The summed E-state index contributed by atoms with van der Waals surface area (Å²) in [6, 6.07) is 0. The van der Waals surface area contributed by atoms with E-state index in [4.69, 9.17) is 17.7 Å². The summed E-state index contributed by atoms with van der Waals surface area (Å²) in [5.41, 5.74) is -0.0947. The molecule has 90 valence electrons. The second-order valence-electron chi connectivity index (χ2n) is 4.12. The monoisotopic (exact) mass is 234 g/mol. The van der Waals surface area contributed by atoms with Gasteiger partial charge in [0.15, 0.2) is 0 Å². The van der Waals surface area contributed by atoms with E-state index in [0.29, 0.717) is 0 Å². The Morgan fingerprint density at radius 2 is 1.40 bits per heavy atom. The molecular formula is C10H22O4Si. The molecule has 0 aliphatic carbocycles. The van der Waals surface area contributed by atoms with Gasteiger partial charge in [-0.15, -0.1) is 0 Å². The lowest BCUT2D eigenvalue weighted by Gasteiger charge is -2.30. The van der Waals surface area contributed by atoms with Gasteiger partial charge in [0.2, 0.25) is 0 Å². The molecule has 0 aromatic carbocycles. The maximum atomic E-state index is 5.73. The van der Waals surface area contributed by atoms with E-state index in [1.807, 2.05) is 13.0 Å². The number of allylic oxidation sites excluding steroid dienone is 2. The Hall–Kier alpha value is -0.363. The molecule has 0 rings (SSSR count). The van der Waals surface area contributed by atoms with E-state index in [0.717, 1.165) is 5.76 Å². The molecule has 0 aliphatic rings. The van der Waals surface area contributed by atoms with Crippen LogP contribution in [0.2, 0.25) is 0 Å². The van der Waals surface area contributed by atoms with Gasteiger partial charge in [-0.3, -0.25) is 0 Å². The normalized spacial score (nSPS) is 14.2. The molecule has 0 spiro atoms. The summed E-state index contributed by atoms with van der Waals surface area (Å²) in [7, 11) is 1.59. The van der Waals surface area contributed by atoms with E-state index >= 15 is 0 Å². The van der Waals surface area contributed by atoms with Crippen molar-refractivity contribution in [3.05, 3.63) is 11.8 Å². The highest BCUT2D eigenvalue weighted by molar-refractivity contribution is 6.53. The molecule has 0 saturated carbocycles. The summed E-state index contributed by atoms with van der Waals surface area (Å²) < 4.78 is 21.3. The van der Waals surface area contributed by atoms with Crippen LogP contribution in [-0.2, 0) is 17.7 Å². The summed E-state index contributed by atoms with van der Waals surface area (Å²) in [5.74, 6) is 0.805. The first-order valence-electron chi connectivity index (χ1n) is 4.86. The Bertz CT molecular complexity index is 208. The van der Waals surface area contributed by atoms with Gasteiger partial charge in [-0.05, 0) is 6.92 Å². The SMILES string of the molecule is C/C=C(/O[Si](OC)(OC)OC)C(C)(C)C. The van der Waals surface area contributed by atoms with Crippen LogP contribution in [-0.4, -0.2) is 30.4 Å². The van der Waals surface area contributed by atoms with Crippen LogP contribution in [0.5, 0.6) is 0 Å². The quantitative estimate of drug-likeness (QED) is 0.540. The number of rotatable bonds is 5. The first-order valence-corrected chi connectivity index (χ1v) is 6.49. The molecule has 5 heteroatoms. The Balaban J connectivity index is 4.81. The van der Waals surface area contributed by atoms with E-state index in [-0.39, 0.29) is 5.41 Å². The van der Waals surface area contributed by atoms with Crippen LogP contribution in [0.4, 0.5) is 0 Å². The third-order valence-electron chi connectivity index (χ3n) is 1.99. The van der Waals surface area contributed by atoms with Crippen LogP contribution >= 0.6 is 0 Å². The maximum absolute atomic E-state index is 5.73. The lowest BCUT2D eigenvalue weighted by Crippen LogP contribution is -2.47. The van der Waals surface area contributed by atoms with Gasteiger partial charge in [0.05, 0.1) is 5.76 Å². The van der Waals surface area contributed by atoms with Crippen molar-refractivity contribution in [3.63, 3.8) is 0 Å². The molecule has 0 bridgehead atoms. The predicted octanol–water partition coefficient (Wildman–Crippen LogP) is 2.33. The van der Waals surface area contributed by atoms with Crippen molar-refractivity contribution in [2.45, 2.75) is 27.7 Å². The van der Waals surface area contributed by atoms with Gasteiger partial charge in [-0.2, -0.15) is 0 Å². The second kappa shape index (κ2) is 5.65. The summed E-state index contributed by atoms with van der Waals surface area (Å²) in [5, 5.41) is 0. The smallest absolute Gasteiger partial charge is 0.484 e. The van der Waals surface area contributed by atoms with Crippen LogP contribution in [0.1, 0.15) is 27.7 Å². The fourth-order valence-electron chi connectivity index (χ4n) is 1.15. The van der Waals surface area contributed by atoms with Crippen molar-refractivity contribution in [1.82, 2.24) is 0 Å². The second-order valence-corrected chi connectivity index (χ2v) is 6.55. The van der Waals surface area contributed by atoms with E-state index in [9.17, 15) is 0 Å². The Kier molecular flexibility index (Phi) is 5.51. The number of hydrogen-bond donors (Lipinski definition) is 0. The molecule has 0 heterocycles. The lowest BCUT2D eigenvalue weighted by atomic mass is 9.94. The standard InChI is InChI=1S/C10H22O4Si/c1-8-9(10(2,3)4)14-15(11-5,12-6)13-7/h8H,1-7H3/b9-8+. The van der Waals surface area contributed by atoms with Gasteiger partial charge in [-0.25, -0.2) is 0 Å². The Labute approximate surface area is 93.7 Å². The van der Waals surface area contributed by atoms with Gasteiger partial charge < -0.3 is 17.7 Å². The molecule has 0 aromatic heterocycles. The van der Waals surface area contributed by atoms with Crippen LogP contribution in [0.3, 0.4) is 0 Å². The summed E-state index contributed by atoms with van der Waals surface area (Å²) >= 11 is 0. The van der Waals surface area contributed by atoms with Crippen molar-refractivity contribution in [3.8, 4) is 0 Å². The minimum absolute atomic E-state index is 0.0947. The van der Waals surface area contributed by atoms with Crippen LogP contribution in [0, 0.1) is 5.41 Å². The molecule has 0 radical (unpaired) electrons. The van der Waals surface area contributed by atoms with Gasteiger partial charge in [0.1, 0.15) is 0 Å². The van der Waals surface area contributed by atoms with Crippen LogP contribution < -0.4 is 0 Å². The zero-order chi connectivity index (χ0) is 12.1. The third-order valence-corrected chi connectivity index (χ3v) is 3.96. The molecule has 0 N–H and O–H groups in total. The van der Waals surface area contributed by atoms with E-state index in [1.54, 1.807) is 0 Å². The first kappa shape index (κ1) is 14.6. The van der Waals surface area contributed by atoms with Crippen molar-refractivity contribution < 1.29 is 17.7 Å². The van der Waals surface area contributed by atoms with E-state index < -0.39 is 9.05 Å². The van der Waals surface area contributed by atoms with Gasteiger partial charge in [0, 0.05) is 26.7 Å². The van der Waals surface area contributed by atoms with Crippen LogP contribution in [0.25, 0.3) is 0 Å². The predicted molar refractivity (Wildman–Crippen MR) is 61.1 cm³/mol. The molecule has 0 unspecified atom stereocenters. The first-order chi connectivity index (χ1) is 6.85. The topological polar surface area (TPSA) is 36.9 Å². The minimum Gasteiger partial charge on any atom is -0.484 e. The summed E-state index contributed by atoms with van der Waals surface area (Å²) in [4.78, 5) is 0. The van der Waals surface area contributed by atoms with Crippen molar-refractivity contribution in [2.24, 2.45) is 5.41 Å².